The lowest BCUT2D eigenvalue weighted by atomic mass is 9.89. The summed E-state index contributed by atoms with van der Waals surface area (Å²) in [6.07, 6.45) is 4.51. The number of nitrogens with two attached hydrogens (primary N) is 1. The number of nitrogens with zero attached hydrogens (tertiary/aromatic N) is 1. The quantitative estimate of drug-likeness (QED) is 0.903. The highest BCUT2D eigenvalue weighted by atomic mass is 16.5. The molecule has 1 fully saturated rings. The van der Waals surface area contributed by atoms with Gasteiger partial charge in [0, 0.05) is 32.6 Å². The molecular formula is C16H24N2O. The molecule has 0 aliphatic carbocycles. The molecule has 3 heteroatoms. The molecule has 1 spiro atoms. The summed E-state index contributed by atoms with van der Waals surface area (Å²) in [5.41, 5.74) is 8.45. The highest BCUT2D eigenvalue weighted by molar-refractivity contribution is 5.40. The summed E-state index contributed by atoms with van der Waals surface area (Å²) in [5.74, 6) is 1.13. The van der Waals surface area contributed by atoms with Crippen molar-refractivity contribution in [3.8, 4) is 5.75 Å². The summed E-state index contributed by atoms with van der Waals surface area (Å²) in [5, 5.41) is 0. The zero-order valence-corrected chi connectivity index (χ0v) is 11.8. The van der Waals surface area contributed by atoms with Crippen molar-refractivity contribution >= 4 is 0 Å². The number of hydrogen-bond donors (Lipinski definition) is 1. The first-order chi connectivity index (χ1) is 9.24. The van der Waals surface area contributed by atoms with Gasteiger partial charge in [-0.05, 0) is 36.5 Å². The third kappa shape index (κ3) is 2.49. The van der Waals surface area contributed by atoms with Crippen LogP contribution in [0.3, 0.4) is 0 Å². The van der Waals surface area contributed by atoms with Gasteiger partial charge in [0.15, 0.2) is 0 Å². The van der Waals surface area contributed by atoms with Crippen molar-refractivity contribution < 1.29 is 4.74 Å². The van der Waals surface area contributed by atoms with Crippen LogP contribution < -0.4 is 10.5 Å². The average molecular weight is 260 g/mol. The second-order valence-electron chi connectivity index (χ2n) is 5.90. The predicted octanol–water partition coefficient (Wildman–Crippen LogP) is 1.98. The number of rotatable bonds is 3. The molecule has 19 heavy (non-hydrogen) atoms. The first-order valence-electron chi connectivity index (χ1n) is 7.48. The lowest BCUT2D eigenvalue weighted by molar-refractivity contribution is 0.0548. The standard InChI is InChI=1S/C16H24N2O/c1-2-13-3-4-14-5-6-16(19-15(14)11-13)7-9-18(12-16)10-8-17/h3-4,11H,2,5-10,12,17H2,1H3. The topological polar surface area (TPSA) is 38.5 Å². The van der Waals surface area contributed by atoms with Crippen LogP contribution in [0, 0.1) is 0 Å². The molecule has 1 saturated heterocycles. The normalized spacial score (nSPS) is 26.4. The Balaban J connectivity index is 1.78. The molecule has 2 heterocycles. The van der Waals surface area contributed by atoms with Crippen molar-refractivity contribution in [3.05, 3.63) is 29.3 Å². The van der Waals surface area contributed by atoms with Gasteiger partial charge in [0.2, 0.25) is 0 Å². The number of fused-ring (bicyclic) bond motifs is 1. The summed E-state index contributed by atoms with van der Waals surface area (Å²) in [6, 6.07) is 6.71. The molecule has 1 aromatic rings. The van der Waals surface area contributed by atoms with Crippen molar-refractivity contribution in [1.82, 2.24) is 4.90 Å². The molecule has 2 aliphatic rings. The van der Waals surface area contributed by atoms with Crippen LogP contribution in [0.4, 0.5) is 0 Å². The average Bonchev–Trinajstić information content (AvgIpc) is 2.81. The molecule has 3 nitrogen and oxygen atoms in total. The van der Waals surface area contributed by atoms with E-state index in [-0.39, 0.29) is 5.60 Å². The van der Waals surface area contributed by atoms with Crippen molar-refractivity contribution in [2.75, 3.05) is 26.2 Å². The first-order valence-corrected chi connectivity index (χ1v) is 7.48. The van der Waals surface area contributed by atoms with Crippen molar-refractivity contribution in [2.45, 2.75) is 38.2 Å². The Morgan fingerprint density at radius 2 is 2.26 bits per heavy atom. The Labute approximate surface area is 115 Å². The van der Waals surface area contributed by atoms with Crippen LogP contribution in [0.15, 0.2) is 18.2 Å². The first kappa shape index (κ1) is 12.9. The Morgan fingerprint density at radius 3 is 3.05 bits per heavy atom. The second kappa shape index (κ2) is 5.14. The maximum atomic E-state index is 6.42. The van der Waals surface area contributed by atoms with Gasteiger partial charge >= 0.3 is 0 Å². The third-order valence-electron chi connectivity index (χ3n) is 4.56. The van der Waals surface area contributed by atoms with E-state index in [1.807, 2.05) is 0 Å². The zero-order valence-electron chi connectivity index (χ0n) is 11.8. The van der Waals surface area contributed by atoms with Gasteiger partial charge in [-0.15, -0.1) is 0 Å². The summed E-state index contributed by atoms with van der Waals surface area (Å²) in [7, 11) is 0. The van der Waals surface area contributed by atoms with Gasteiger partial charge in [-0.2, -0.15) is 0 Å². The summed E-state index contributed by atoms with van der Waals surface area (Å²) in [6.45, 7) is 6.10. The minimum atomic E-state index is 0.0501. The van der Waals surface area contributed by atoms with Gasteiger partial charge in [-0.25, -0.2) is 0 Å². The molecule has 2 aliphatic heterocycles. The molecule has 0 saturated carbocycles. The Morgan fingerprint density at radius 1 is 1.37 bits per heavy atom. The van der Waals surface area contributed by atoms with Crippen LogP contribution in [-0.2, 0) is 12.8 Å². The van der Waals surface area contributed by atoms with Crippen LogP contribution in [0.1, 0.15) is 30.9 Å². The lowest BCUT2D eigenvalue weighted by Crippen LogP contribution is -2.43. The molecule has 1 atom stereocenters. The van der Waals surface area contributed by atoms with E-state index in [1.54, 1.807) is 0 Å². The van der Waals surface area contributed by atoms with E-state index in [1.165, 1.54) is 11.1 Å². The van der Waals surface area contributed by atoms with Crippen molar-refractivity contribution in [3.63, 3.8) is 0 Å². The maximum absolute atomic E-state index is 6.42. The monoisotopic (exact) mass is 260 g/mol. The SMILES string of the molecule is CCc1ccc2c(c1)OC1(CC2)CCN(CCN)C1. The molecule has 3 rings (SSSR count). The largest absolute Gasteiger partial charge is 0.486 e. The molecule has 1 aromatic carbocycles. The van der Waals surface area contributed by atoms with E-state index in [2.05, 4.69) is 30.0 Å². The van der Waals surface area contributed by atoms with E-state index in [0.717, 1.165) is 57.6 Å². The van der Waals surface area contributed by atoms with Crippen LogP contribution >= 0.6 is 0 Å². The van der Waals surface area contributed by atoms with Gasteiger partial charge in [0.1, 0.15) is 11.4 Å². The van der Waals surface area contributed by atoms with Gasteiger partial charge in [0.25, 0.3) is 0 Å². The van der Waals surface area contributed by atoms with Gasteiger partial charge in [-0.3, -0.25) is 4.90 Å². The van der Waals surface area contributed by atoms with E-state index < -0.39 is 0 Å². The second-order valence-corrected chi connectivity index (χ2v) is 5.90. The highest BCUT2D eigenvalue weighted by Gasteiger charge is 2.42. The fourth-order valence-corrected chi connectivity index (χ4v) is 3.36. The molecular weight excluding hydrogens is 236 g/mol. The van der Waals surface area contributed by atoms with Crippen molar-refractivity contribution in [2.24, 2.45) is 5.73 Å². The Kier molecular flexibility index (Phi) is 3.50. The summed E-state index contributed by atoms with van der Waals surface area (Å²) < 4.78 is 6.42. The Bertz CT molecular complexity index is 460. The molecule has 0 radical (unpaired) electrons. The van der Waals surface area contributed by atoms with Gasteiger partial charge < -0.3 is 10.5 Å². The zero-order chi connectivity index (χ0) is 13.3. The number of hydrogen-bond acceptors (Lipinski definition) is 3. The molecule has 0 bridgehead atoms. The molecule has 0 aromatic heterocycles. The number of likely N-dealkylation sites (tertiary alicyclic amines) is 1. The number of benzene rings is 1. The van der Waals surface area contributed by atoms with E-state index in [9.17, 15) is 0 Å². The summed E-state index contributed by atoms with van der Waals surface area (Å²) in [4.78, 5) is 2.44. The fourth-order valence-electron chi connectivity index (χ4n) is 3.36. The van der Waals surface area contributed by atoms with E-state index in [4.69, 9.17) is 10.5 Å². The molecule has 2 N–H and O–H groups in total. The van der Waals surface area contributed by atoms with Crippen LogP contribution in [0.2, 0.25) is 0 Å². The van der Waals surface area contributed by atoms with Crippen LogP contribution in [0.25, 0.3) is 0 Å². The fraction of sp³-hybridized carbons (Fsp3) is 0.625. The molecule has 104 valence electrons. The summed E-state index contributed by atoms with van der Waals surface area (Å²) >= 11 is 0. The molecule has 0 amide bonds. The van der Waals surface area contributed by atoms with Crippen LogP contribution in [-0.4, -0.2) is 36.7 Å². The molecule has 1 unspecified atom stereocenters. The minimum Gasteiger partial charge on any atom is -0.486 e. The highest BCUT2D eigenvalue weighted by Crippen LogP contribution is 2.39. The lowest BCUT2D eigenvalue weighted by Gasteiger charge is -2.36. The maximum Gasteiger partial charge on any atom is 0.123 e. The minimum absolute atomic E-state index is 0.0501. The number of ether oxygens (including phenoxy) is 1. The number of aryl methyl sites for hydroxylation is 2. The van der Waals surface area contributed by atoms with Crippen molar-refractivity contribution in [1.29, 1.82) is 0 Å². The van der Waals surface area contributed by atoms with Gasteiger partial charge in [0.05, 0.1) is 0 Å². The van der Waals surface area contributed by atoms with Gasteiger partial charge in [-0.1, -0.05) is 19.1 Å². The third-order valence-corrected chi connectivity index (χ3v) is 4.56. The van der Waals surface area contributed by atoms with E-state index in [0.29, 0.717) is 0 Å². The van der Waals surface area contributed by atoms with Crippen LogP contribution in [0.5, 0.6) is 5.75 Å². The smallest absolute Gasteiger partial charge is 0.123 e. The van der Waals surface area contributed by atoms with E-state index >= 15 is 0 Å². The predicted molar refractivity (Wildman–Crippen MR) is 77.6 cm³/mol. The Hall–Kier alpha value is -1.06.